The van der Waals surface area contributed by atoms with Gasteiger partial charge in [-0.25, -0.2) is 4.39 Å². The monoisotopic (exact) mass is 344 g/mol. The Hall–Kier alpha value is -2.41. The number of pyridine rings is 1. The van der Waals surface area contributed by atoms with E-state index in [1.54, 1.807) is 24.1 Å². The number of benzene rings is 1. The highest BCUT2D eigenvalue weighted by Crippen LogP contribution is 2.19. The fourth-order valence-electron chi connectivity index (χ4n) is 2.28. The highest BCUT2D eigenvalue weighted by molar-refractivity contribution is 7.99. The average Bonchev–Trinajstić information content (AvgIpc) is 3.00. The van der Waals surface area contributed by atoms with Crippen LogP contribution in [0.4, 0.5) is 4.39 Å². The van der Waals surface area contributed by atoms with E-state index in [0.29, 0.717) is 18.7 Å². The summed E-state index contributed by atoms with van der Waals surface area (Å²) in [6.45, 7) is 0.408. The van der Waals surface area contributed by atoms with Crippen molar-refractivity contribution >= 4 is 23.3 Å². The zero-order valence-corrected chi connectivity index (χ0v) is 14.0. The normalized spacial score (nSPS) is 10.9. The number of fused-ring (bicyclic) bond motifs is 1. The summed E-state index contributed by atoms with van der Waals surface area (Å²) in [4.78, 5) is 14.8. The van der Waals surface area contributed by atoms with Gasteiger partial charge < -0.3 is 4.90 Å². The lowest BCUT2D eigenvalue weighted by Crippen LogP contribution is -2.27. The molecule has 0 aliphatic rings. The molecule has 0 saturated carbocycles. The number of rotatable bonds is 6. The molecule has 0 radical (unpaired) electrons. The largest absolute Gasteiger partial charge is 0.338 e. The van der Waals surface area contributed by atoms with Crippen LogP contribution in [0.5, 0.6) is 0 Å². The Balaban J connectivity index is 1.52. The van der Waals surface area contributed by atoms with Crippen LogP contribution in [0.2, 0.25) is 0 Å². The molecule has 124 valence electrons. The number of hydrogen-bond acceptors (Lipinski definition) is 4. The fraction of sp³-hybridized carbons (Fsp3) is 0.235. The molecule has 0 aliphatic heterocycles. The molecule has 3 aromatic rings. The van der Waals surface area contributed by atoms with E-state index in [0.717, 1.165) is 16.4 Å². The van der Waals surface area contributed by atoms with Gasteiger partial charge in [-0.2, -0.15) is 0 Å². The van der Waals surface area contributed by atoms with Crippen LogP contribution in [0.3, 0.4) is 0 Å². The molecule has 0 aliphatic carbocycles. The van der Waals surface area contributed by atoms with Crippen molar-refractivity contribution in [1.82, 2.24) is 19.5 Å². The van der Waals surface area contributed by atoms with Gasteiger partial charge in [-0.15, -0.1) is 22.0 Å². The van der Waals surface area contributed by atoms with Gasteiger partial charge in [0.1, 0.15) is 5.82 Å². The summed E-state index contributed by atoms with van der Waals surface area (Å²) in [5.41, 5.74) is 0.764. The summed E-state index contributed by atoms with van der Waals surface area (Å²) in [5, 5.41) is 8.21. The summed E-state index contributed by atoms with van der Waals surface area (Å²) in [7, 11) is 1.76. The van der Waals surface area contributed by atoms with Crippen molar-refractivity contribution in [2.75, 3.05) is 12.8 Å². The molecule has 7 heteroatoms. The molecule has 2 aromatic heterocycles. The quantitative estimate of drug-likeness (QED) is 0.645. The number of nitrogens with zero attached hydrogens (tertiary/aromatic N) is 4. The second kappa shape index (κ2) is 7.44. The van der Waals surface area contributed by atoms with E-state index in [2.05, 4.69) is 10.2 Å². The van der Waals surface area contributed by atoms with Crippen LogP contribution in [0.1, 0.15) is 12.2 Å². The highest BCUT2D eigenvalue weighted by atomic mass is 32.2. The topological polar surface area (TPSA) is 50.5 Å². The molecule has 3 rings (SSSR count). The first-order valence-corrected chi connectivity index (χ1v) is 8.53. The molecule has 0 unspecified atom stereocenters. The van der Waals surface area contributed by atoms with Crippen molar-refractivity contribution in [3.63, 3.8) is 0 Å². The third-order valence-electron chi connectivity index (χ3n) is 3.59. The van der Waals surface area contributed by atoms with E-state index in [-0.39, 0.29) is 11.7 Å². The number of hydrogen-bond donors (Lipinski definition) is 0. The standard InChI is InChI=1S/C17H17FN4OS/c1-21(12-16-20-19-15-4-2-3-10-22(15)16)17(23)9-11-24-14-7-5-13(18)6-8-14/h2-8,10H,9,11-12H2,1H3. The minimum absolute atomic E-state index is 0.0392. The van der Waals surface area contributed by atoms with Crippen LogP contribution in [0.15, 0.2) is 53.6 Å². The number of carbonyl (C=O) groups is 1. The van der Waals surface area contributed by atoms with Crippen molar-refractivity contribution < 1.29 is 9.18 Å². The van der Waals surface area contributed by atoms with Crippen LogP contribution in [0.25, 0.3) is 5.65 Å². The van der Waals surface area contributed by atoms with Crippen LogP contribution in [-0.4, -0.2) is 38.2 Å². The summed E-state index contributed by atoms with van der Waals surface area (Å²) in [6, 6.07) is 12.0. The predicted molar refractivity (Wildman–Crippen MR) is 91.2 cm³/mol. The van der Waals surface area contributed by atoms with Crippen molar-refractivity contribution in [2.24, 2.45) is 0 Å². The van der Waals surface area contributed by atoms with Gasteiger partial charge in [-0.05, 0) is 36.4 Å². The number of halogens is 1. The minimum atomic E-state index is -0.254. The number of carbonyl (C=O) groups excluding carboxylic acids is 1. The minimum Gasteiger partial charge on any atom is -0.338 e. The Kier molecular flexibility index (Phi) is 5.10. The first kappa shape index (κ1) is 16.4. The molecule has 0 atom stereocenters. The Morgan fingerprint density at radius 2 is 2.00 bits per heavy atom. The number of aromatic nitrogens is 3. The lowest BCUT2D eigenvalue weighted by atomic mass is 10.3. The maximum atomic E-state index is 12.9. The summed E-state index contributed by atoms with van der Waals surface area (Å²) < 4.78 is 14.7. The van der Waals surface area contributed by atoms with Gasteiger partial charge in [0.2, 0.25) is 5.91 Å². The molecule has 0 bridgehead atoms. The maximum Gasteiger partial charge on any atom is 0.223 e. The average molecular weight is 344 g/mol. The molecule has 0 fully saturated rings. The third kappa shape index (κ3) is 3.91. The second-order valence-electron chi connectivity index (χ2n) is 5.35. The van der Waals surface area contributed by atoms with Crippen LogP contribution >= 0.6 is 11.8 Å². The molecule has 5 nitrogen and oxygen atoms in total. The van der Waals surface area contributed by atoms with Crippen molar-refractivity contribution in [3.8, 4) is 0 Å². The first-order valence-electron chi connectivity index (χ1n) is 7.54. The molecular weight excluding hydrogens is 327 g/mol. The summed E-state index contributed by atoms with van der Waals surface area (Å²) in [6.07, 6.45) is 2.29. The van der Waals surface area contributed by atoms with E-state index in [4.69, 9.17) is 0 Å². The highest BCUT2D eigenvalue weighted by Gasteiger charge is 2.13. The van der Waals surface area contributed by atoms with Gasteiger partial charge in [-0.1, -0.05) is 6.07 Å². The van der Waals surface area contributed by atoms with Gasteiger partial charge in [0.25, 0.3) is 0 Å². The molecule has 0 N–H and O–H groups in total. The van der Waals surface area contributed by atoms with E-state index < -0.39 is 0 Å². The van der Waals surface area contributed by atoms with Crippen molar-refractivity contribution in [3.05, 3.63) is 60.3 Å². The Bertz CT molecular complexity index is 834. The first-order chi connectivity index (χ1) is 11.6. The lowest BCUT2D eigenvalue weighted by molar-refractivity contribution is -0.130. The fourth-order valence-corrected chi connectivity index (χ4v) is 3.12. The maximum absolute atomic E-state index is 12.9. The summed E-state index contributed by atoms with van der Waals surface area (Å²) >= 11 is 1.54. The van der Waals surface area contributed by atoms with Gasteiger partial charge in [0, 0.05) is 30.3 Å². The molecule has 0 saturated heterocycles. The predicted octanol–water partition coefficient (Wildman–Crippen LogP) is 3.01. The molecule has 24 heavy (non-hydrogen) atoms. The zero-order chi connectivity index (χ0) is 16.9. The Labute approximate surface area is 143 Å². The van der Waals surface area contributed by atoms with Gasteiger partial charge >= 0.3 is 0 Å². The van der Waals surface area contributed by atoms with E-state index in [1.165, 1.54) is 23.9 Å². The van der Waals surface area contributed by atoms with Crippen molar-refractivity contribution in [1.29, 1.82) is 0 Å². The second-order valence-corrected chi connectivity index (χ2v) is 6.52. The Morgan fingerprint density at radius 3 is 2.79 bits per heavy atom. The molecule has 1 amide bonds. The van der Waals surface area contributed by atoms with Gasteiger partial charge in [-0.3, -0.25) is 9.20 Å². The van der Waals surface area contributed by atoms with E-state index in [9.17, 15) is 9.18 Å². The van der Waals surface area contributed by atoms with Crippen LogP contribution in [-0.2, 0) is 11.3 Å². The number of amides is 1. The number of thioether (sulfide) groups is 1. The molecule has 2 heterocycles. The molecule has 0 spiro atoms. The van der Waals surface area contributed by atoms with Crippen LogP contribution in [0, 0.1) is 5.82 Å². The van der Waals surface area contributed by atoms with Gasteiger partial charge in [0.05, 0.1) is 6.54 Å². The van der Waals surface area contributed by atoms with Crippen LogP contribution < -0.4 is 0 Å². The lowest BCUT2D eigenvalue weighted by Gasteiger charge is -2.16. The van der Waals surface area contributed by atoms with E-state index in [1.807, 2.05) is 28.8 Å². The molecular formula is C17H17FN4OS. The zero-order valence-electron chi connectivity index (χ0n) is 13.2. The third-order valence-corrected chi connectivity index (χ3v) is 4.60. The van der Waals surface area contributed by atoms with Crippen molar-refractivity contribution in [2.45, 2.75) is 17.9 Å². The smallest absolute Gasteiger partial charge is 0.223 e. The Morgan fingerprint density at radius 1 is 1.21 bits per heavy atom. The van der Waals surface area contributed by atoms with E-state index >= 15 is 0 Å². The van der Waals surface area contributed by atoms with Gasteiger partial charge in [0.15, 0.2) is 11.5 Å². The summed E-state index contributed by atoms with van der Waals surface area (Å²) in [5.74, 6) is 1.16. The SMILES string of the molecule is CN(Cc1nnc2ccccn12)C(=O)CCSc1ccc(F)cc1. The molecule has 1 aromatic carbocycles.